The first-order valence-corrected chi connectivity index (χ1v) is 6.77. The molecule has 0 N–H and O–H groups in total. The highest BCUT2D eigenvalue weighted by atomic mass is 32.2. The van der Waals surface area contributed by atoms with Crippen molar-refractivity contribution in [3.8, 4) is 5.75 Å². The lowest BCUT2D eigenvalue weighted by atomic mass is 10.3. The van der Waals surface area contributed by atoms with Crippen molar-refractivity contribution in [2.24, 2.45) is 0 Å². The first-order chi connectivity index (χ1) is 8.90. The Morgan fingerprint density at radius 2 is 1.72 bits per heavy atom. The van der Waals surface area contributed by atoms with E-state index in [0.717, 1.165) is 17.1 Å². The molecule has 0 amide bonds. The molecule has 2 aromatic carbocycles. The fourth-order valence-corrected chi connectivity index (χ4v) is 2.44. The van der Waals surface area contributed by atoms with Crippen molar-refractivity contribution in [3.05, 3.63) is 67.3 Å². The molecule has 0 bridgehead atoms. The van der Waals surface area contributed by atoms with E-state index in [1.807, 2.05) is 42.5 Å². The van der Waals surface area contributed by atoms with Crippen molar-refractivity contribution in [1.82, 2.24) is 0 Å². The van der Waals surface area contributed by atoms with Gasteiger partial charge < -0.3 is 4.74 Å². The first kappa shape index (κ1) is 12.8. The predicted octanol–water partition coefficient (Wildman–Crippen LogP) is 4.79. The summed E-state index contributed by atoms with van der Waals surface area (Å²) in [4.78, 5) is 2.37. The molecule has 92 valence electrons. The molecule has 18 heavy (non-hydrogen) atoms. The molecule has 0 heterocycles. The number of benzene rings is 2. The Bertz CT molecular complexity index is 493. The van der Waals surface area contributed by atoms with E-state index >= 15 is 0 Å². The van der Waals surface area contributed by atoms with Crippen molar-refractivity contribution in [3.63, 3.8) is 0 Å². The summed E-state index contributed by atoms with van der Waals surface area (Å²) >= 11 is 1.72. The van der Waals surface area contributed by atoms with Crippen LogP contribution in [0.25, 0.3) is 0 Å². The van der Waals surface area contributed by atoms with Gasteiger partial charge in [-0.15, -0.1) is 6.58 Å². The van der Waals surface area contributed by atoms with Crippen LogP contribution in [0.5, 0.6) is 5.75 Å². The largest absolute Gasteiger partial charge is 0.492 e. The zero-order chi connectivity index (χ0) is 12.6. The summed E-state index contributed by atoms with van der Waals surface area (Å²) in [6.07, 6.45) is 2.73. The van der Waals surface area contributed by atoms with Gasteiger partial charge in [0.05, 0.1) is 11.5 Å². The molecule has 0 radical (unpaired) electrons. The standard InChI is InChI=1S/C16H16OS/c1-2-3-13-17-15-11-7-8-12-16(15)18-14-9-5-4-6-10-14/h2,4-12H,1,3,13H2. The quantitative estimate of drug-likeness (QED) is 0.542. The minimum Gasteiger partial charge on any atom is -0.492 e. The topological polar surface area (TPSA) is 9.23 Å². The molecule has 0 saturated heterocycles. The zero-order valence-corrected chi connectivity index (χ0v) is 11.0. The van der Waals surface area contributed by atoms with Crippen LogP contribution in [-0.4, -0.2) is 6.61 Å². The van der Waals surface area contributed by atoms with Crippen LogP contribution in [0.1, 0.15) is 6.42 Å². The van der Waals surface area contributed by atoms with Gasteiger partial charge in [0.2, 0.25) is 0 Å². The Kier molecular flexibility index (Phi) is 4.91. The molecule has 0 unspecified atom stereocenters. The normalized spacial score (nSPS) is 10.0. The molecule has 0 aliphatic rings. The Hall–Kier alpha value is -1.67. The highest BCUT2D eigenvalue weighted by Crippen LogP contribution is 2.34. The summed E-state index contributed by atoms with van der Waals surface area (Å²) in [5.74, 6) is 0.938. The number of rotatable bonds is 6. The SMILES string of the molecule is C=CCCOc1ccccc1Sc1ccccc1. The Morgan fingerprint density at radius 3 is 2.50 bits per heavy atom. The van der Waals surface area contributed by atoms with Crippen LogP contribution in [0.15, 0.2) is 77.0 Å². The summed E-state index contributed by atoms with van der Waals surface area (Å²) in [6.45, 7) is 4.37. The van der Waals surface area contributed by atoms with E-state index in [2.05, 4.69) is 24.8 Å². The third-order valence-electron chi connectivity index (χ3n) is 2.40. The summed E-state index contributed by atoms with van der Waals surface area (Å²) in [5.41, 5.74) is 0. The highest BCUT2D eigenvalue weighted by Gasteiger charge is 2.04. The number of hydrogen-bond acceptors (Lipinski definition) is 2. The molecular weight excluding hydrogens is 240 g/mol. The zero-order valence-electron chi connectivity index (χ0n) is 10.2. The second-order valence-corrected chi connectivity index (χ2v) is 4.90. The van der Waals surface area contributed by atoms with Crippen molar-refractivity contribution < 1.29 is 4.74 Å². The molecule has 1 nitrogen and oxygen atoms in total. The third kappa shape index (κ3) is 3.67. The predicted molar refractivity (Wildman–Crippen MR) is 77.3 cm³/mol. The van der Waals surface area contributed by atoms with E-state index in [1.165, 1.54) is 4.90 Å². The molecule has 0 atom stereocenters. The molecule has 0 fully saturated rings. The highest BCUT2D eigenvalue weighted by molar-refractivity contribution is 7.99. The van der Waals surface area contributed by atoms with Crippen molar-refractivity contribution in [2.75, 3.05) is 6.61 Å². The monoisotopic (exact) mass is 256 g/mol. The van der Waals surface area contributed by atoms with Crippen molar-refractivity contribution in [1.29, 1.82) is 0 Å². The summed E-state index contributed by atoms with van der Waals surface area (Å²) < 4.78 is 5.76. The molecule has 0 aliphatic carbocycles. The minimum atomic E-state index is 0.676. The van der Waals surface area contributed by atoms with Crippen LogP contribution in [0, 0.1) is 0 Å². The summed E-state index contributed by atoms with van der Waals surface area (Å²) in [5, 5.41) is 0. The molecule has 0 spiro atoms. The van der Waals surface area contributed by atoms with Crippen LogP contribution >= 0.6 is 11.8 Å². The van der Waals surface area contributed by atoms with Crippen molar-refractivity contribution in [2.45, 2.75) is 16.2 Å². The second-order valence-electron chi connectivity index (χ2n) is 3.79. The molecule has 0 aromatic heterocycles. The number of para-hydroxylation sites is 1. The van der Waals surface area contributed by atoms with Gasteiger partial charge >= 0.3 is 0 Å². The van der Waals surface area contributed by atoms with Gasteiger partial charge in [0.15, 0.2) is 0 Å². The Morgan fingerprint density at radius 1 is 1.00 bits per heavy atom. The van der Waals surface area contributed by atoms with Crippen LogP contribution < -0.4 is 4.74 Å². The minimum absolute atomic E-state index is 0.676. The van der Waals surface area contributed by atoms with E-state index in [1.54, 1.807) is 11.8 Å². The summed E-state index contributed by atoms with van der Waals surface area (Å²) in [6, 6.07) is 18.4. The fraction of sp³-hybridized carbons (Fsp3) is 0.125. The molecule has 0 aliphatic heterocycles. The lowest BCUT2D eigenvalue weighted by molar-refractivity contribution is 0.317. The maximum atomic E-state index is 5.76. The van der Waals surface area contributed by atoms with Crippen LogP contribution in [0.2, 0.25) is 0 Å². The lowest BCUT2D eigenvalue weighted by Crippen LogP contribution is -1.96. The smallest absolute Gasteiger partial charge is 0.133 e. The van der Waals surface area contributed by atoms with E-state index in [-0.39, 0.29) is 0 Å². The Labute approximate surface area is 112 Å². The van der Waals surface area contributed by atoms with Gasteiger partial charge in [-0.3, -0.25) is 0 Å². The van der Waals surface area contributed by atoms with E-state index < -0.39 is 0 Å². The fourth-order valence-electron chi connectivity index (χ4n) is 1.52. The van der Waals surface area contributed by atoms with Gasteiger partial charge in [-0.05, 0) is 30.7 Å². The van der Waals surface area contributed by atoms with Crippen LogP contribution in [0.3, 0.4) is 0 Å². The van der Waals surface area contributed by atoms with Gasteiger partial charge in [-0.25, -0.2) is 0 Å². The van der Waals surface area contributed by atoms with E-state index in [0.29, 0.717) is 6.61 Å². The average Bonchev–Trinajstić information content (AvgIpc) is 2.42. The lowest BCUT2D eigenvalue weighted by Gasteiger charge is -2.10. The molecule has 2 rings (SSSR count). The van der Waals surface area contributed by atoms with Gasteiger partial charge in [0.1, 0.15) is 5.75 Å². The maximum absolute atomic E-state index is 5.76. The number of ether oxygens (including phenoxy) is 1. The van der Waals surface area contributed by atoms with Gasteiger partial charge in [0.25, 0.3) is 0 Å². The number of hydrogen-bond donors (Lipinski definition) is 0. The molecule has 0 saturated carbocycles. The third-order valence-corrected chi connectivity index (χ3v) is 3.46. The Balaban J connectivity index is 2.09. The first-order valence-electron chi connectivity index (χ1n) is 5.96. The maximum Gasteiger partial charge on any atom is 0.133 e. The van der Waals surface area contributed by atoms with Crippen LogP contribution in [0.4, 0.5) is 0 Å². The van der Waals surface area contributed by atoms with Gasteiger partial charge in [-0.2, -0.15) is 0 Å². The van der Waals surface area contributed by atoms with Crippen molar-refractivity contribution >= 4 is 11.8 Å². The molecular formula is C16H16OS. The van der Waals surface area contributed by atoms with E-state index in [9.17, 15) is 0 Å². The summed E-state index contributed by atoms with van der Waals surface area (Å²) in [7, 11) is 0. The molecule has 2 aromatic rings. The second kappa shape index (κ2) is 6.92. The van der Waals surface area contributed by atoms with E-state index in [4.69, 9.17) is 4.74 Å². The average molecular weight is 256 g/mol. The van der Waals surface area contributed by atoms with Gasteiger partial charge in [-0.1, -0.05) is 48.2 Å². The van der Waals surface area contributed by atoms with Gasteiger partial charge in [0, 0.05) is 4.90 Å². The van der Waals surface area contributed by atoms with Crippen LogP contribution in [-0.2, 0) is 0 Å². The molecule has 2 heteroatoms.